The van der Waals surface area contributed by atoms with E-state index in [-0.39, 0.29) is 16.1 Å². The molecule has 27 heavy (non-hydrogen) atoms. The normalized spacial score (nSPS) is 12.1. The maximum absolute atomic E-state index is 12.4. The Hall–Kier alpha value is -3.07. The van der Waals surface area contributed by atoms with Gasteiger partial charge in [0.15, 0.2) is 6.10 Å². The summed E-state index contributed by atoms with van der Waals surface area (Å²) >= 11 is 0. The van der Waals surface area contributed by atoms with E-state index >= 15 is 0 Å². The third kappa shape index (κ3) is 5.45. The van der Waals surface area contributed by atoms with Gasteiger partial charge >= 0.3 is 5.97 Å². The third-order valence-corrected chi connectivity index (χ3v) is 4.90. The molecule has 8 nitrogen and oxygen atoms in total. The van der Waals surface area contributed by atoms with Crippen molar-refractivity contribution in [3.05, 3.63) is 54.1 Å². The molecule has 9 heteroatoms. The molecule has 0 aromatic heterocycles. The number of primary amides is 1. The van der Waals surface area contributed by atoms with Gasteiger partial charge in [0.1, 0.15) is 5.75 Å². The van der Waals surface area contributed by atoms with Crippen molar-refractivity contribution >= 4 is 27.6 Å². The van der Waals surface area contributed by atoms with Crippen LogP contribution >= 0.6 is 0 Å². The monoisotopic (exact) mass is 392 g/mol. The van der Waals surface area contributed by atoms with E-state index in [4.69, 9.17) is 15.2 Å². The number of amides is 1. The molecule has 1 amide bonds. The van der Waals surface area contributed by atoms with E-state index in [0.717, 1.165) is 0 Å². The minimum atomic E-state index is -3.79. The zero-order valence-corrected chi connectivity index (χ0v) is 15.7. The molecule has 2 aromatic carbocycles. The van der Waals surface area contributed by atoms with Gasteiger partial charge in [-0.05, 0) is 62.4 Å². The molecule has 1 atom stereocenters. The van der Waals surface area contributed by atoms with E-state index in [9.17, 15) is 18.0 Å². The van der Waals surface area contributed by atoms with E-state index in [1.807, 2.05) is 6.92 Å². The molecule has 3 N–H and O–H groups in total. The SMILES string of the molecule is CCOc1ccc(S(=O)(=O)Nc2ccc(C(=O)O[C@H](C)C(N)=O)cc2)cc1. The van der Waals surface area contributed by atoms with Crippen molar-refractivity contribution in [2.45, 2.75) is 24.8 Å². The number of nitrogens with one attached hydrogen (secondary N) is 1. The number of esters is 1. The van der Waals surface area contributed by atoms with Crippen molar-refractivity contribution in [1.29, 1.82) is 0 Å². The highest BCUT2D eigenvalue weighted by molar-refractivity contribution is 7.92. The molecule has 0 aliphatic rings. The second-order valence-corrected chi connectivity index (χ2v) is 7.22. The van der Waals surface area contributed by atoms with Crippen LogP contribution < -0.4 is 15.2 Å². The lowest BCUT2D eigenvalue weighted by Gasteiger charge is -2.11. The second kappa shape index (κ2) is 8.54. The van der Waals surface area contributed by atoms with Crippen molar-refractivity contribution in [1.82, 2.24) is 0 Å². The van der Waals surface area contributed by atoms with Crippen molar-refractivity contribution in [2.24, 2.45) is 5.73 Å². The van der Waals surface area contributed by atoms with E-state index in [1.165, 1.54) is 43.3 Å². The predicted molar refractivity (Wildman–Crippen MR) is 98.9 cm³/mol. The van der Waals surface area contributed by atoms with E-state index in [1.54, 1.807) is 12.1 Å². The number of rotatable bonds is 8. The zero-order chi connectivity index (χ0) is 20.0. The molecule has 0 aliphatic carbocycles. The van der Waals surface area contributed by atoms with Crippen molar-refractivity contribution < 1.29 is 27.5 Å². The van der Waals surface area contributed by atoms with Crippen LogP contribution in [0.3, 0.4) is 0 Å². The first-order valence-corrected chi connectivity index (χ1v) is 9.57. The van der Waals surface area contributed by atoms with E-state index < -0.39 is 28.0 Å². The van der Waals surface area contributed by atoms with Gasteiger partial charge in [0.05, 0.1) is 17.1 Å². The summed E-state index contributed by atoms with van der Waals surface area (Å²) in [5.41, 5.74) is 5.46. The van der Waals surface area contributed by atoms with Crippen LogP contribution in [0.2, 0.25) is 0 Å². The summed E-state index contributed by atoms with van der Waals surface area (Å²) in [5, 5.41) is 0. The number of carbonyl (C=O) groups is 2. The average Bonchev–Trinajstić information content (AvgIpc) is 2.62. The van der Waals surface area contributed by atoms with Gasteiger partial charge < -0.3 is 15.2 Å². The summed E-state index contributed by atoms with van der Waals surface area (Å²) in [6, 6.07) is 11.6. The van der Waals surface area contributed by atoms with Crippen molar-refractivity contribution in [2.75, 3.05) is 11.3 Å². The molecule has 2 rings (SSSR count). The van der Waals surface area contributed by atoms with Crippen LogP contribution in [0.1, 0.15) is 24.2 Å². The van der Waals surface area contributed by atoms with Gasteiger partial charge in [-0.25, -0.2) is 13.2 Å². The molecule has 0 aliphatic heterocycles. The minimum Gasteiger partial charge on any atom is -0.494 e. The molecule has 0 radical (unpaired) electrons. The molecule has 144 valence electrons. The lowest BCUT2D eigenvalue weighted by molar-refractivity contribution is -0.125. The number of carbonyl (C=O) groups excluding carboxylic acids is 2. The van der Waals surface area contributed by atoms with Crippen LogP contribution in [0.25, 0.3) is 0 Å². The fraction of sp³-hybridized carbons (Fsp3) is 0.222. The topological polar surface area (TPSA) is 125 Å². The van der Waals surface area contributed by atoms with Gasteiger partial charge in [-0.15, -0.1) is 0 Å². The Morgan fingerprint density at radius 2 is 1.67 bits per heavy atom. The standard InChI is InChI=1S/C18H20N2O6S/c1-3-25-15-8-10-16(11-9-15)27(23,24)20-14-6-4-13(5-7-14)18(22)26-12(2)17(19)21/h4-12,20H,3H2,1-2H3,(H2,19,21)/t12-/m1/s1. The first-order valence-electron chi connectivity index (χ1n) is 8.09. The number of anilines is 1. The third-order valence-electron chi connectivity index (χ3n) is 3.50. The Morgan fingerprint density at radius 3 is 2.19 bits per heavy atom. The highest BCUT2D eigenvalue weighted by Crippen LogP contribution is 2.20. The summed E-state index contributed by atoms with van der Waals surface area (Å²) in [5.74, 6) is -0.921. The highest BCUT2D eigenvalue weighted by atomic mass is 32.2. The quantitative estimate of drug-likeness (QED) is 0.661. The number of hydrogen-bond donors (Lipinski definition) is 2. The Balaban J connectivity index is 2.08. The van der Waals surface area contributed by atoms with Crippen LogP contribution in [0.4, 0.5) is 5.69 Å². The summed E-state index contributed by atoms with van der Waals surface area (Å²) in [6.45, 7) is 3.68. The van der Waals surface area contributed by atoms with Crippen molar-refractivity contribution in [3.63, 3.8) is 0 Å². The lowest BCUT2D eigenvalue weighted by Crippen LogP contribution is -2.30. The number of hydrogen-bond acceptors (Lipinski definition) is 6. The zero-order valence-electron chi connectivity index (χ0n) is 14.8. The summed E-state index contributed by atoms with van der Waals surface area (Å²) in [6.07, 6.45) is -1.06. The van der Waals surface area contributed by atoms with Crippen LogP contribution in [0.5, 0.6) is 5.75 Å². The van der Waals surface area contributed by atoms with Crippen LogP contribution in [-0.2, 0) is 19.6 Å². The number of ether oxygens (including phenoxy) is 2. The predicted octanol–water partition coefficient (Wildman–Crippen LogP) is 1.92. The molecule has 2 aromatic rings. The van der Waals surface area contributed by atoms with Gasteiger partial charge in [-0.1, -0.05) is 0 Å². The lowest BCUT2D eigenvalue weighted by atomic mass is 10.2. The molecule has 0 heterocycles. The largest absolute Gasteiger partial charge is 0.494 e. The molecule has 0 saturated carbocycles. The Kier molecular flexibility index (Phi) is 6.40. The maximum atomic E-state index is 12.4. The van der Waals surface area contributed by atoms with Gasteiger partial charge in [0.2, 0.25) is 0 Å². The van der Waals surface area contributed by atoms with Crippen molar-refractivity contribution in [3.8, 4) is 5.75 Å². The van der Waals surface area contributed by atoms with Gasteiger partial charge in [0.25, 0.3) is 15.9 Å². The number of nitrogens with two attached hydrogens (primary N) is 1. The molecular formula is C18H20N2O6S. The molecule has 0 unspecified atom stereocenters. The highest BCUT2D eigenvalue weighted by Gasteiger charge is 2.17. The fourth-order valence-corrected chi connectivity index (χ4v) is 3.12. The summed E-state index contributed by atoms with van der Waals surface area (Å²) in [4.78, 5) is 22.9. The Bertz CT molecular complexity index is 908. The molecule has 0 saturated heterocycles. The van der Waals surface area contributed by atoms with Crippen LogP contribution in [-0.4, -0.2) is 33.0 Å². The number of sulfonamides is 1. The van der Waals surface area contributed by atoms with E-state index in [0.29, 0.717) is 12.4 Å². The molecule has 0 spiro atoms. The molecule has 0 fully saturated rings. The van der Waals surface area contributed by atoms with E-state index in [2.05, 4.69) is 4.72 Å². The Morgan fingerprint density at radius 1 is 1.07 bits per heavy atom. The molecular weight excluding hydrogens is 372 g/mol. The van der Waals surface area contributed by atoms with Gasteiger partial charge in [-0.2, -0.15) is 0 Å². The minimum absolute atomic E-state index is 0.0738. The second-order valence-electron chi connectivity index (χ2n) is 5.54. The molecule has 0 bridgehead atoms. The van der Waals surface area contributed by atoms with Crippen LogP contribution in [0.15, 0.2) is 53.4 Å². The van der Waals surface area contributed by atoms with Gasteiger partial charge in [-0.3, -0.25) is 9.52 Å². The first-order chi connectivity index (χ1) is 12.7. The average molecular weight is 392 g/mol. The summed E-state index contributed by atoms with van der Waals surface area (Å²) in [7, 11) is -3.79. The first kappa shape index (κ1) is 20.2. The van der Waals surface area contributed by atoms with Gasteiger partial charge in [0, 0.05) is 5.69 Å². The summed E-state index contributed by atoms with van der Waals surface area (Å²) < 4.78 is 37.4. The fourth-order valence-electron chi connectivity index (χ4n) is 2.06. The number of benzene rings is 2. The van der Waals surface area contributed by atoms with Crippen LogP contribution in [0, 0.1) is 0 Å². The smallest absolute Gasteiger partial charge is 0.338 e. The Labute approximate surface area is 157 Å². The maximum Gasteiger partial charge on any atom is 0.338 e.